The summed E-state index contributed by atoms with van der Waals surface area (Å²) in [6, 6.07) is 12.2. The van der Waals surface area contributed by atoms with E-state index in [0.29, 0.717) is 46.4 Å². The molecule has 5 heterocycles. The Morgan fingerprint density at radius 3 is 2.67 bits per heavy atom. The summed E-state index contributed by atoms with van der Waals surface area (Å²) in [6.45, 7) is 0. The molecule has 216 valence electrons. The number of nitrogens with zero attached hydrogens (tertiary/aromatic N) is 4. The summed E-state index contributed by atoms with van der Waals surface area (Å²) >= 11 is 0. The fourth-order valence-electron chi connectivity index (χ4n) is 6.02. The van der Waals surface area contributed by atoms with Crippen LogP contribution in [0.1, 0.15) is 38.5 Å². The molecule has 1 aromatic carbocycles. The molecule has 9 nitrogen and oxygen atoms in total. The number of benzene rings is 1. The lowest BCUT2D eigenvalue weighted by atomic mass is 9.87. The Labute approximate surface area is 247 Å². The minimum absolute atomic E-state index is 0.0238. The van der Waals surface area contributed by atoms with Crippen molar-refractivity contribution >= 4 is 33.4 Å². The van der Waals surface area contributed by atoms with Gasteiger partial charge in [0.25, 0.3) is 0 Å². The van der Waals surface area contributed by atoms with Gasteiger partial charge in [-0.25, -0.2) is 4.39 Å². The number of H-pyrrole nitrogens is 2. The van der Waals surface area contributed by atoms with E-state index in [2.05, 4.69) is 35.5 Å². The highest BCUT2D eigenvalue weighted by Gasteiger charge is 2.19. The summed E-state index contributed by atoms with van der Waals surface area (Å²) in [7, 11) is 1.51. The highest BCUT2D eigenvalue weighted by molar-refractivity contribution is 6.00. The highest BCUT2D eigenvalue weighted by Crippen LogP contribution is 2.35. The van der Waals surface area contributed by atoms with E-state index in [1.54, 1.807) is 30.9 Å². The Hall–Kier alpha value is -5.12. The average Bonchev–Trinajstić information content (AvgIpc) is 3.65. The second kappa shape index (κ2) is 11.3. The van der Waals surface area contributed by atoms with Gasteiger partial charge in [-0.05, 0) is 55.2 Å². The maximum atomic E-state index is 14.3. The Balaban J connectivity index is 1.20. The number of methoxy groups -OCH3 is 1. The lowest BCUT2D eigenvalue weighted by Gasteiger charge is -2.20. The van der Waals surface area contributed by atoms with Crippen LogP contribution in [-0.4, -0.2) is 43.2 Å². The number of fused-ring (bicyclic) bond motifs is 2. The number of carbonyl (C=O) groups excluding carboxylic acids is 1. The predicted molar refractivity (Wildman–Crippen MR) is 164 cm³/mol. The van der Waals surface area contributed by atoms with E-state index in [1.807, 2.05) is 24.3 Å². The van der Waals surface area contributed by atoms with Crippen molar-refractivity contribution in [2.24, 2.45) is 5.92 Å². The molecule has 1 amide bonds. The molecule has 1 aliphatic rings. The zero-order valence-electron chi connectivity index (χ0n) is 23.7. The lowest BCUT2D eigenvalue weighted by molar-refractivity contribution is -0.117. The van der Waals surface area contributed by atoms with E-state index >= 15 is 0 Å². The molecule has 6 aromatic rings. The molecule has 3 N–H and O–H groups in total. The van der Waals surface area contributed by atoms with E-state index in [9.17, 15) is 9.18 Å². The van der Waals surface area contributed by atoms with E-state index < -0.39 is 5.82 Å². The lowest BCUT2D eigenvalue weighted by Crippen LogP contribution is -2.18. The van der Waals surface area contributed by atoms with Crippen LogP contribution < -0.4 is 10.1 Å². The fraction of sp³-hybridized carbons (Fsp3) is 0.242. The predicted octanol–water partition coefficient (Wildman–Crippen LogP) is 7.29. The summed E-state index contributed by atoms with van der Waals surface area (Å²) in [4.78, 5) is 29.7. The number of hydrogen-bond acceptors (Lipinski definition) is 6. The first-order chi connectivity index (χ1) is 21.0. The van der Waals surface area contributed by atoms with Crippen molar-refractivity contribution in [2.75, 3.05) is 12.4 Å². The maximum Gasteiger partial charge on any atom is 0.224 e. The zero-order chi connectivity index (χ0) is 29.3. The van der Waals surface area contributed by atoms with E-state index in [1.165, 1.54) is 38.5 Å². The minimum atomic E-state index is -0.399. The number of rotatable bonds is 7. The van der Waals surface area contributed by atoms with Crippen LogP contribution in [0.25, 0.3) is 55.7 Å². The first-order valence-corrected chi connectivity index (χ1v) is 14.5. The molecule has 0 aliphatic heterocycles. The molecule has 1 fully saturated rings. The van der Waals surface area contributed by atoms with Gasteiger partial charge in [0.2, 0.25) is 5.91 Å². The van der Waals surface area contributed by atoms with Crippen LogP contribution in [0.5, 0.6) is 5.75 Å². The molecule has 0 bridgehead atoms. The highest BCUT2D eigenvalue weighted by atomic mass is 19.1. The first-order valence-electron chi connectivity index (χ1n) is 14.5. The third-order valence-electron chi connectivity index (χ3n) is 8.15. The van der Waals surface area contributed by atoms with Gasteiger partial charge in [-0.3, -0.25) is 24.8 Å². The topological polar surface area (TPSA) is 121 Å². The van der Waals surface area contributed by atoms with E-state index in [0.717, 1.165) is 45.9 Å². The molecule has 1 saturated carbocycles. The van der Waals surface area contributed by atoms with E-state index in [4.69, 9.17) is 4.74 Å². The van der Waals surface area contributed by atoms with Crippen molar-refractivity contribution in [1.29, 1.82) is 0 Å². The summed E-state index contributed by atoms with van der Waals surface area (Å²) in [5, 5.41) is 12.4. The van der Waals surface area contributed by atoms with Crippen LogP contribution in [0.3, 0.4) is 0 Å². The van der Waals surface area contributed by atoms with Crippen molar-refractivity contribution in [1.82, 2.24) is 30.1 Å². The SMILES string of the molecule is COc1cc(F)cc(-c2nccc3[nH]c(-c4n[nH]c5cnc(-c6cncc(NC(=O)CC7CCCCC7)c6)cc45)cc23)c1. The zero-order valence-corrected chi connectivity index (χ0v) is 23.7. The third-order valence-corrected chi connectivity index (χ3v) is 8.15. The number of halogens is 1. The van der Waals surface area contributed by atoms with E-state index in [-0.39, 0.29) is 5.91 Å². The summed E-state index contributed by atoms with van der Waals surface area (Å²) < 4.78 is 19.6. The first kappa shape index (κ1) is 26.8. The molecule has 0 unspecified atom stereocenters. The van der Waals surface area contributed by atoms with Crippen LogP contribution in [-0.2, 0) is 4.79 Å². The Morgan fingerprint density at radius 1 is 0.953 bits per heavy atom. The standard InChI is InChI=1S/C33H30FN7O2/c1-43-24-12-20(10-22(34)13-24)32-25-15-29(39-27(25)7-8-36-32)33-26-14-28(37-18-30(26)40-41-33)21-11-23(17-35-16-21)38-31(42)9-19-5-3-2-4-6-19/h7-8,10-19,39H,2-6,9H2,1H3,(H,38,42)(H,40,41). The van der Waals surface area contributed by atoms with Gasteiger partial charge in [0.1, 0.15) is 17.3 Å². The van der Waals surface area contributed by atoms with Crippen LogP contribution >= 0.6 is 0 Å². The van der Waals surface area contributed by atoms with Crippen LogP contribution in [0.15, 0.2) is 67.3 Å². The number of amides is 1. The number of aromatic nitrogens is 6. The van der Waals surface area contributed by atoms with Crippen LogP contribution in [0.2, 0.25) is 0 Å². The van der Waals surface area contributed by atoms with Gasteiger partial charge < -0.3 is 15.0 Å². The van der Waals surface area contributed by atoms with Crippen molar-refractivity contribution in [3.05, 3.63) is 73.1 Å². The number of carbonyl (C=O) groups is 1. The molecule has 7 rings (SSSR count). The summed E-state index contributed by atoms with van der Waals surface area (Å²) in [5.74, 6) is 0.507. The molecular weight excluding hydrogens is 545 g/mol. The van der Waals surface area contributed by atoms with Gasteiger partial charge in [-0.1, -0.05) is 19.3 Å². The van der Waals surface area contributed by atoms with Crippen molar-refractivity contribution in [2.45, 2.75) is 38.5 Å². The van der Waals surface area contributed by atoms with Crippen molar-refractivity contribution < 1.29 is 13.9 Å². The summed E-state index contributed by atoms with van der Waals surface area (Å²) in [5.41, 5.74) is 6.49. The fourth-order valence-corrected chi connectivity index (χ4v) is 6.02. The largest absolute Gasteiger partial charge is 0.497 e. The van der Waals surface area contributed by atoms with Crippen LogP contribution in [0.4, 0.5) is 10.1 Å². The number of anilines is 1. The quantitative estimate of drug-likeness (QED) is 0.184. The minimum Gasteiger partial charge on any atom is -0.497 e. The Morgan fingerprint density at radius 2 is 1.81 bits per heavy atom. The number of pyridine rings is 3. The number of ether oxygens (including phenoxy) is 1. The van der Waals surface area contributed by atoms with Gasteiger partial charge in [0.05, 0.1) is 47.8 Å². The monoisotopic (exact) mass is 575 g/mol. The molecule has 10 heteroatoms. The van der Waals surface area contributed by atoms with Crippen molar-refractivity contribution in [3.63, 3.8) is 0 Å². The van der Waals surface area contributed by atoms with Gasteiger partial charge in [-0.2, -0.15) is 5.10 Å². The molecule has 5 aromatic heterocycles. The molecule has 0 atom stereocenters. The third kappa shape index (κ3) is 5.43. The van der Waals surface area contributed by atoms with Gasteiger partial charge in [-0.15, -0.1) is 0 Å². The molecule has 0 saturated heterocycles. The molecule has 1 aliphatic carbocycles. The van der Waals surface area contributed by atoms with Gasteiger partial charge in [0, 0.05) is 52.3 Å². The summed E-state index contributed by atoms with van der Waals surface area (Å²) in [6.07, 6.45) is 13.3. The van der Waals surface area contributed by atoms with Gasteiger partial charge >= 0.3 is 0 Å². The van der Waals surface area contributed by atoms with Gasteiger partial charge in [0.15, 0.2) is 0 Å². The molecule has 0 radical (unpaired) electrons. The normalized spacial score (nSPS) is 13.9. The molecule has 43 heavy (non-hydrogen) atoms. The number of aromatic amines is 2. The Bertz CT molecular complexity index is 1960. The smallest absolute Gasteiger partial charge is 0.224 e. The second-order valence-electron chi connectivity index (χ2n) is 11.1. The second-order valence-corrected chi connectivity index (χ2v) is 11.1. The molecule has 0 spiro atoms. The number of hydrogen-bond donors (Lipinski definition) is 3. The maximum absolute atomic E-state index is 14.3. The molecular formula is C33H30FN7O2. The van der Waals surface area contributed by atoms with Crippen molar-refractivity contribution in [3.8, 4) is 39.7 Å². The number of nitrogens with one attached hydrogen (secondary N) is 3. The average molecular weight is 576 g/mol. The van der Waals surface area contributed by atoms with Crippen LogP contribution in [0, 0.1) is 11.7 Å². The Kier molecular flexibility index (Phi) is 7.02.